The quantitative estimate of drug-likeness (QED) is 0.228. The lowest BCUT2D eigenvalue weighted by Gasteiger charge is -2.04. The number of fused-ring (bicyclic) bond motifs is 2. The zero-order chi connectivity index (χ0) is 27.4. The van der Waals surface area contributed by atoms with Gasteiger partial charge in [-0.3, -0.25) is 9.59 Å². The lowest BCUT2D eigenvalue weighted by molar-refractivity contribution is -0.123. The number of hydrogen-bond acceptors (Lipinski definition) is 6. The fraction of sp³-hybridized carbons (Fsp3) is 0.357. The first-order valence-electron chi connectivity index (χ1n) is 12.8. The van der Waals surface area contributed by atoms with Gasteiger partial charge < -0.3 is 19.3 Å². The third-order valence-corrected chi connectivity index (χ3v) is 6.30. The fourth-order valence-electron chi connectivity index (χ4n) is 4.50. The van der Waals surface area contributed by atoms with Crippen molar-refractivity contribution in [1.82, 2.24) is 9.13 Å². The molecule has 10 nitrogen and oxygen atoms in total. The molecule has 0 unspecified atom stereocenters. The molecule has 38 heavy (non-hydrogen) atoms. The summed E-state index contributed by atoms with van der Waals surface area (Å²) in [5.41, 5.74) is 4.06. The largest absolute Gasteiger partial charge is 0.493 e. The predicted octanol–water partition coefficient (Wildman–Crippen LogP) is 7.15. The average molecular weight is 517 g/mol. The molecule has 2 amide bonds. The number of carbonyl (C=O) groups is 2. The minimum Gasteiger partial charge on any atom is -0.493 e. The van der Waals surface area contributed by atoms with Crippen molar-refractivity contribution in [2.75, 3.05) is 0 Å². The van der Waals surface area contributed by atoms with Crippen molar-refractivity contribution in [2.24, 2.45) is 20.5 Å². The molecule has 0 saturated heterocycles. The van der Waals surface area contributed by atoms with E-state index in [1.807, 2.05) is 64.1 Å². The van der Waals surface area contributed by atoms with Gasteiger partial charge in [0.2, 0.25) is 11.8 Å². The minimum atomic E-state index is -0.616. The number of rotatable bonds is 9. The zero-order valence-electron chi connectivity index (χ0n) is 22.1. The van der Waals surface area contributed by atoms with Crippen LogP contribution >= 0.6 is 0 Å². The summed E-state index contributed by atoms with van der Waals surface area (Å²) in [7, 11) is 0. The maximum atomic E-state index is 12.4. The van der Waals surface area contributed by atoms with Gasteiger partial charge in [-0.2, -0.15) is 0 Å². The van der Waals surface area contributed by atoms with Gasteiger partial charge in [-0.25, -0.2) is 0 Å². The van der Waals surface area contributed by atoms with E-state index in [-0.39, 0.29) is 36.0 Å². The molecule has 0 aliphatic carbocycles. The Balaban J connectivity index is 1.47. The number of aromatic hydroxyl groups is 2. The van der Waals surface area contributed by atoms with Crippen LogP contribution in [-0.4, -0.2) is 31.2 Å². The molecule has 0 atom stereocenters. The number of benzene rings is 2. The van der Waals surface area contributed by atoms with Gasteiger partial charge in [-0.15, -0.1) is 20.5 Å². The van der Waals surface area contributed by atoms with Gasteiger partial charge in [-0.1, -0.05) is 37.1 Å². The standard InChI is InChI=1S/C28H32N6O4/c1-5-13-33-21-9-7-17(3)15-19(21)25(27(33)37)31-29-23(35)11-12-24(36)30-32-26-20-16-18(4)8-10-22(20)34(14-6-2)28(26)38/h7-10,15-16,37-38H,5-6,11-14H2,1-4H3. The highest BCUT2D eigenvalue weighted by molar-refractivity contribution is 5.97. The van der Waals surface area contributed by atoms with Crippen LogP contribution in [0.3, 0.4) is 0 Å². The first-order valence-corrected chi connectivity index (χ1v) is 12.8. The Morgan fingerprint density at radius 2 is 1.11 bits per heavy atom. The summed E-state index contributed by atoms with van der Waals surface area (Å²) in [6, 6.07) is 11.5. The van der Waals surface area contributed by atoms with Crippen molar-refractivity contribution in [3.63, 3.8) is 0 Å². The zero-order valence-corrected chi connectivity index (χ0v) is 22.1. The van der Waals surface area contributed by atoms with Crippen molar-refractivity contribution >= 4 is 45.0 Å². The topological polar surface area (TPSA) is 134 Å². The molecule has 0 bridgehead atoms. The van der Waals surface area contributed by atoms with Crippen molar-refractivity contribution < 1.29 is 19.8 Å². The predicted molar refractivity (Wildman–Crippen MR) is 146 cm³/mol. The molecular formula is C28H32N6O4. The van der Waals surface area contributed by atoms with Gasteiger partial charge in [0.15, 0.2) is 11.4 Å². The third-order valence-electron chi connectivity index (χ3n) is 6.30. The van der Waals surface area contributed by atoms with Crippen LogP contribution in [0.4, 0.5) is 11.4 Å². The summed E-state index contributed by atoms with van der Waals surface area (Å²) >= 11 is 0. The highest BCUT2D eigenvalue weighted by atomic mass is 16.3. The summed E-state index contributed by atoms with van der Waals surface area (Å²) in [4.78, 5) is 24.7. The van der Waals surface area contributed by atoms with Gasteiger partial charge in [0, 0.05) is 36.7 Å². The molecule has 0 aliphatic heterocycles. The summed E-state index contributed by atoms with van der Waals surface area (Å²) in [5.74, 6) is -1.33. The molecule has 198 valence electrons. The SMILES string of the molecule is CCCn1c(O)c(N=NC(=O)CCC(=O)N=Nc2c(O)n(CCC)c3ccc(C)cc23)c2cc(C)ccc21. The molecule has 0 radical (unpaired) electrons. The van der Waals surface area contributed by atoms with E-state index in [4.69, 9.17) is 0 Å². The second-order valence-electron chi connectivity index (χ2n) is 9.38. The second kappa shape index (κ2) is 11.4. The van der Waals surface area contributed by atoms with Crippen molar-refractivity contribution in [2.45, 2.75) is 66.5 Å². The summed E-state index contributed by atoms with van der Waals surface area (Å²) < 4.78 is 3.48. The number of azo groups is 2. The molecule has 0 fully saturated rings. The Bertz CT molecular complexity index is 1460. The van der Waals surface area contributed by atoms with E-state index < -0.39 is 11.8 Å². The minimum absolute atomic E-state index is 0.0499. The van der Waals surface area contributed by atoms with E-state index in [1.165, 1.54) is 0 Å². The Morgan fingerprint density at radius 1 is 0.711 bits per heavy atom. The lowest BCUT2D eigenvalue weighted by Crippen LogP contribution is -1.98. The van der Waals surface area contributed by atoms with Crippen LogP contribution in [0.15, 0.2) is 56.9 Å². The number of carbonyl (C=O) groups excluding carboxylic acids is 2. The van der Waals surface area contributed by atoms with Crippen LogP contribution in [0.25, 0.3) is 21.8 Å². The van der Waals surface area contributed by atoms with Crippen molar-refractivity contribution in [1.29, 1.82) is 0 Å². The van der Waals surface area contributed by atoms with E-state index in [9.17, 15) is 19.8 Å². The second-order valence-corrected chi connectivity index (χ2v) is 9.38. The maximum absolute atomic E-state index is 12.4. The highest BCUT2D eigenvalue weighted by Gasteiger charge is 2.18. The van der Waals surface area contributed by atoms with Crippen LogP contribution in [0.2, 0.25) is 0 Å². The Kier molecular flexibility index (Phi) is 7.99. The summed E-state index contributed by atoms with van der Waals surface area (Å²) in [6.45, 7) is 9.07. The first-order chi connectivity index (χ1) is 18.2. The Hall–Kier alpha value is -4.34. The van der Waals surface area contributed by atoms with Crippen LogP contribution in [0.1, 0.15) is 50.7 Å². The van der Waals surface area contributed by atoms with Gasteiger partial charge in [0.25, 0.3) is 11.8 Å². The molecule has 2 N–H and O–H groups in total. The molecule has 2 heterocycles. The summed E-state index contributed by atoms with van der Waals surface area (Å²) in [5, 5.41) is 38.3. The maximum Gasteiger partial charge on any atom is 0.265 e. The highest BCUT2D eigenvalue weighted by Crippen LogP contribution is 2.40. The molecule has 4 rings (SSSR count). The number of aryl methyl sites for hydroxylation is 4. The number of nitrogens with zero attached hydrogens (tertiary/aromatic N) is 6. The molecule has 0 saturated carbocycles. The van der Waals surface area contributed by atoms with E-state index in [2.05, 4.69) is 20.5 Å². The first kappa shape index (κ1) is 26.7. The molecule has 2 aromatic carbocycles. The number of amides is 2. The van der Waals surface area contributed by atoms with Gasteiger partial charge >= 0.3 is 0 Å². The normalized spacial score (nSPS) is 12.0. The third kappa shape index (κ3) is 5.34. The fourth-order valence-corrected chi connectivity index (χ4v) is 4.50. The van der Waals surface area contributed by atoms with Gasteiger partial charge in [-0.05, 0) is 51.0 Å². The molecule has 0 spiro atoms. The van der Waals surface area contributed by atoms with E-state index in [0.717, 1.165) is 35.0 Å². The molecule has 4 aromatic rings. The number of hydrogen-bond donors (Lipinski definition) is 2. The van der Waals surface area contributed by atoms with Gasteiger partial charge in [0.1, 0.15) is 0 Å². The van der Waals surface area contributed by atoms with Crippen LogP contribution in [0.5, 0.6) is 11.8 Å². The van der Waals surface area contributed by atoms with Crippen LogP contribution in [-0.2, 0) is 22.7 Å². The van der Waals surface area contributed by atoms with E-state index in [0.29, 0.717) is 23.9 Å². The Labute approximate surface area is 220 Å². The van der Waals surface area contributed by atoms with Crippen molar-refractivity contribution in [3.05, 3.63) is 47.5 Å². The molecule has 2 aromatic heterocycles. The number of aromatic nitrogens is 2. The summed E-state index contributed by atoms with van der Waals surface area (Å²) in [6.07, 6.45) is 1.21. The van der Waals surface area contributed by atoms with Crippen LogP contribution in [0, 0.1) is 13.8 Å². The Morgan fingerprint density at radius 3 is 1.47 bits per heavy atom. The van der Waals surface area contributed by atoms with Crippen LogP contribution < -0.4 is 0 Å². The van der Waals surface area contributed by atoms with E-state index in [1.54, 1.807) is 9.13 Å². The lowest BCUT2D eigenvalue weighted by atomic mass is 10.1. The monoisotopic (exact) mass is 516 g/mol. The smallest absolute Gasteiger partial charge is 0.265 e. The molecular weight excluding hydrogens is 484 g/mol. The average Bonchev–Trinajstić information content (AvgIpc) is 3.29. The van der Waals surface area contributed by atoms with Crippen molar-refractivity contribution in [3.8, 4) is 11.8 Å². The van der Waals surface area contributed by atoms with Gasteiger partial charge in [0.05, 0.1) is 11.0 Å². The molecule has 10 heteroatoms. The molecule has 0 aliphatic rings. The van der Waals surface area contributed by atoms with E-state index >= 15 is 0 Å².